The van der Waals surface area contributed by atoms with Gasteiger partial charge in [0, 0.05) is 67.3 Å². The van der Waals surface area contributed by atoms with Crippen molar-refractivity contribution in [3.8, 4) is 11.1 Å². The zero-order chi connectivity index (χ0) is 26.2. The number of amides is 1. The summed E-state index contributed by atoms with van der Waals surface area (Å²) in [4.78, 5) is 20.0. The summed E-state index contributed by atoms with van der Waals surface area (Å²) in [6.07, 6.45) is 0. The molecule has 3 aromatic carbocycles. The van der Waals surface area contributed by atoms with E-state index in [4.69, 9.17) is 16.3 Å². The van der Waals surface area contributed by atoms with Crippen molar-refractivity contribution in [1.82, 2.24) is 4.90 Å². The highest BCUT2D eigenvalue weighted by atomic mass is 35.5. The van der Waals surface area contributed by atoms with Gasteiger partial charge in [-0.1, -0.05) is 35.9 Å². The Morgan fingerprint density at radius 3 is 2.28 bits per heavy atom. The van der Waals surface area contributed by atoms with E-state index in [0.29, 0.717) is 21.8 Å². The lowest BCUT2D eigenvalue weighted by Crippen LogP contribution is -2.44. The number of halogens is 2. The van der Waals surface area contributed by atoms with Gasteiger partial charge in [-0.15, -0.1) is 12.4 Å². The summed E-state index contributed by atoms with van der Waals surface area (Å²) in [5, 5.41) is 14.8. The Morgan fingerprint density at radius 1 is 0.872 bits per heavy atom. The number of nitrogens with zero attached hydrogens (tertiary/aromatic N) is 3. The normalized spacial score (nSPS) is 18.9. The quantitative estimate of drug-likeness (QED) is 0.326. The number of anilines is 3. The van der Waals surface area contributed by atoms with Crippen molar-refractivity contribution >= 4 is 58.3 Å². The van der Waals surface area contributed by atoms with Gasteiger partial charge < -0.3 is 29.9 Å². The van der Waals surface area contributed by atoms with Crippen LogP contribution in [0, 0.1) is 0 Å². The first-order valence-corrected chi connectivity index (χ1v) is 13.4. The van der Waals surface area contributed by atoms with Crippen LogP contribution in [0.25, 0.3) is 22.5 Å². The van der Waals surface area contributed by atoms with Crippen LogP contribution < -0.4 is 15.1 Å². The molecule has 0 radical (unpaired) electrons. The van der Waals surface area contributed by atoms with Gasteiger partial charge in [0.1, 0.15) is 5.76 Å². The molecule has 0 aliphatic carbocycles. The number of hydrogen-bond acceptors (Lipinski definition) is 6. The molecule has 0 atom stereocenters. The predicted molar refractivity (Wildman–Crippen MR) is 161 cm³/mol. The molecule has 0 aromatic heterocycles. The standard InChI is InChI=1S/C30H31ClN4O3.ClH/c1-33-9-11-34(12-10-33)23-4-2-3-21(17-23)29(36)28-25-18-24(26(31)19-27(25)32-30(28)37)20-5-7-22(8-6-20)35-13-15-38-16-14-35;/h2-8,17-19,36H,9-16H2,1H3,(H,32,37);1H/b29-28+;. The first-order chi connectivity index (χ1) is 18.5. The number of carbonyl (C=O) groups excluding carboxylic acids is 1. The summed E-state index contributed by atoms with van der Waals surface area (Å²) < 4.78 is 5.46. The topological polar surface area (TPSA) is 68.3 Å². The Bertz CT molecular complexity index is 1400. The van der Waals surface area contributed by atoms with Crippen molar-refractivity contribution in [2.75, 3.05) is 74.6 Å². The lowest BCUT2D eigenvalue weighted by molar-refractivity contribution is -0.110. The molecule has 9 heteroatoms. The molecule has 0 unspecified atom stereocenters. The molecular formula is C30H32Cl2N4O3. The van der Waals surface area contributed by atoms with Gasteiger partial charge in [0.25, 0.3) is 5.91 Å². The van der Waals surface area contributed by atoms with Gasteiger partial charge in [0.2, 0.25) is 0 Å². The van der Waals surface area contributed by atoms with E-state index in [1.54, 1.807) is 6.07 Å². The molecule has 204 valence electrons. The van der Waals surface area contributed by atoms with Crippen LogP contribution in [0.15, 0.2) is 60.7 Å². The van der Waals surface area contributed by atoms with Crippen LogP contribution >= 0.6 is 24.0 Å². The third-order valence-corrected chi connectivity index (χ3v) is 7.94. The van der Waals surface area contributed by atoms with E-state index in [1.165, 1.54) is 0 Å². The minimum absolute atomic E-state index is 0. The van der Waals surface area contributed by atoms with E-state index in [1.807, 2.05) is 42.5 Å². The van der Waals surface area contributed by atoms with Crippen LogP contribution in [-0.4, -0.2) is 75.4 Å². The van der Waals surface area contributed by atoms with Gasteiger partial charge in [-0.05, 0) is 49.0 Å². The van der Waals surface area contributed by atoms with Crippen molar-refractivity contribution < 1.29 is 14.6 Å². The van der Waals surface area contributed by atoms with Crippen molar-refractivity contribution in [2.24, 2.45) is 0 Å². The maximum absolute atomic E-state index is 13.0. The Balaban J connectivity index is 0.00000308. The number of rotatable bonds is 4. The molecule has 3 aliphatic rings. The number of aliphatic hydroxyl groups is 1. The van der Waals surface area contributed by atoms with Crippen LogP contribution in [0.1, 0.15) is 11.1 Å². The van der Waals surface area contributed by atoms with E-state index >= 15 is 0 Å². The largest absolute Gasteiger partial charge is 0.506 e. The predicted octanol–water partition coefficient (Wildman–Crippen LogP) is 5.40. The summed E-state index contributed by atoms with van der Waals surface area (Å²) in [6.45, 7) is 7.03. The average Bonchev–Trinajstić information content (AvgIpc) is 3.27. The van der Waals surface area contributed by atoms with Gasteiger partial charge in [-0.2, -0.15) is 0 Å². The molecule has 2 saturated heterocycles. The highest BCUT2D eigenvalue weighted by Gasteiger charge is 2.30. The second-order valence-electron chi connectivity index (χ2n) is 10.0. The number of likely N-dealkylation sites (N-methyl/N-ethyl adjacent to an activating group) is 1. The highest BCUT2D eigenvalue weighted by Crippen LogP contribution is 2.42. The Kier molecular flexibility index (Phi) is 8.05. The maximum atomic E-state index is 13.0. The molecule has 2 fully saturated rings. The smallest absolute Gasteiger partial charge is 0.260 e. The molecule has 3 heterocycles. The van der Waals surface area contributed by atoms with E-state index in [0.717, 1.165) is 75.0 Å². The Labute approximate surface area is 240 Å². The number of hydrogen-bond donors (Lipinski definition) is 2. The SMILES string of the molecule is CN1CCN(c2cccc(/C(O)=C3\C(=O)Nc4cc(Cl)c(-c5ccc(N6CCOCC6)cc5)cc43)c2)CC1.Cl. The average molecular weight is 568 g/mol. The Morgan fingerprint density at radius 2 is 1.56 bits per heavy atom. The fourth-order valence-electron chi connectivity index (χ4n) is 5.38. The molecule has 7 nitrogen and oxygen atoms in total. The van der Waals surface area contributed by atoms with Crippen LogP contribution in [0.5, 0.6) is 0 Å². The number of ether oxygens (including phenoxy) is 1. The van der Waals surface area contributed by atoms with Gasteiger partial charge in [-0.25, -0.2) is 0 Å². The van der Waals surface area contributed by atoms with Crippen molar-refractivity contribution in [3.63, 3.8) is 0 Å². The number of morpholine rings is 1. The second kappa shape index (κ2) is 11.5. The molecule has 39 heavy (non-hydrogen) atoms. The van der Waals surface area contributed by atoms with Crippen LogP contribution in [0.2, 0.25) is 5.02 Å². The minimum atomic E-state index is -0.335. The third-order valence-electron chi connectivity index (χ3n) is 7.63. The molecule has 3 aliphatic heterocycles. The zero-order valence-corrected chi connectivity index (χ0v) is 23.4. The number of fused-ring (bicyclic) bond motifs is 1. The van der Waals surface area contributed by atoms with E-state index in [9.17, 15) is 9.90 Å². The molecule has 2 N–H and O–H groups in total. The van der Waals surface area contributed by atoms with Crippen LogP contribution in [-0.2, 0) is 9.53 Å². The molecule has 3 aromatic rings. The van der Waals surface area contributed by atoms with Gasteiger partial charge in [-0.3, -0.25) is 4.79 Å². The van der Waals surface area contributed by atoms with E-state index < -0.39 is 0 Å². The fraction of sp³-hybridized carbons (Fsp3) is 0.300. The van der Waals surface area contributed by atoms with Gasteiger partial charge in [0.15, 0.2) is 0 Å². The molecule has 0 bridgehead atoms. The van der Waals surface area contributed by atoms with Crippen molar-refractivity contribution in [2.45, 2.75) is 0 Å². The lowest BCUT2D eigenvalue weighted by atomic mass is 9.96. The van der Waals surface area contributed by atoms with Crippen molar-refractivity contribution in [3.05, 3.63) is 76.8 Å². The summed E-state index contributed by atoms with van der Waals surface area (Å²) >= 11 is 6.67. The van der Waals surface area contributed by atoms with Crippen LogP contribution in [0.3, 0.4) is 0 Å². The first kappa shape index (κ1) is 27.3. The van der Waals surface area contributed by atoms with Crippen molar-refractivity contribution in [1.29, 1.82) is 0 Å². The first-order valence-electron chi connectivity index (χ1n) is 13.0. The molecule has 0 spiro atoms. The number of piperazine rings is 1. The van der Waals surface area contributed by atoms with Crippen LogP contribution in [0.4, 0.5) is 17.1 Å². The summed E-state index contributed by atoms with van der Waals surface area (Å²) in [5.41, 5.74) is 6.07. The minimum Gasteiger partial charge on any atom is -0.506 e. The maximum Gasteiger partial charge on any atom is 0.260 e. The van der Waals surface area contributed by atoms with Gasteiger partial charge >= 0.3 is 0 Å². The molecule has 1 amide bonds. The third kappa shape index (κ3) is 5.45. The number of nitrogens with one attached hydrogen (secondary N) is 1. The second-order valence-corrected chi connectivity index (χ2v) is 10.4. The summed E-state index contributed by atoms with van der Waals surface area (Å²) in [7, 11) is 2.12. The van der Waals surface area contributed by atoms with E-state index in [-0.39, 0.29) is 29.6 Å². The lowest BCUT2D eigenvalue weighted by Gasteiger charge is -2.34. The van der Waals surface area contributed by atoms with Gasteiger partial charge in [0.05, 0.1) is 29.5 Å². The number of benzene rings is 3. The number of carbonyl (C=O) groups is 1. The molecule has 6 rings (SSSR count). The zero-order valence-electron chi connectivity index (χ0n) is 21.8. The highest BCUT2D eigenvalue weighted by molar-refractivity contribution is 6.38. The Hall–Kier alpha value is -3.23. The summed E-state index contributed by atoms with van der Waals surface area (Å²) in [6, 6.07) is 19.7. The molecule has 0 saturated carbocycles. The molecular weight excluding hydrogens is 535 g/mol. The van der Waals surface area contributed by atoms with E-state index in [2.05, 4.69) is 39.2 Å². The fourth-order valence-corrected chi connectivity index (χ4v) is 5.65. The summed E-state index contributed by atoms with van der Waals surface area (Å²) in [5.74, 6) is -0.369. The monoisotopic (exact) mass is 566 g/mol. The number of aliphatic hydroxyl groups excluding tert-OH is 1.